The zero-order valence-corrected chi connectivity index (χ0v) is 72.6. The molecule has 23 rings (SSSR count). The van der Waals surface area contributed by atoms with Gasteiger partial charge in [-0.25, -0.2) is 18.3 Å². The van der Waals surface area contributed by atoms with Crippen LogP contribution in [0.2, 0.25) is 0 Å². The molecule has 2 aliphatic rings. The van der Waals surface area contributed by atoms with Gasteiger partial charge in [0, 0.05) is 135 Å². The van der Waals surface area contributed by atoms with Gasteiger partial charge in [-0.2, -0.15) is 0 Å². The van der Waals surface area contributed by atoms with Gasteiger partial charge in [0.05, 0.1) is 22.3 Å². The average Bonchev–Trinajstić information content (AvgIpc) is 1.61. The van der Waals surface area contributed by atoms with Crippen molar-refractivity contribution in [3.63, 3.8) is 0 Å². The number of fused-ring (bicyclic) bond motifs is 20. The fraction of sp³-hybridized carbons (Fsp3) is 0.217. The molecule has 2 fully saturated rings. The highest BCUT2D eigenvalue weighted by molar-refractivity contribution is 6.20. The third kappa shape index (κ3) is 14.6. The number of hydrogen-bond donors (Lipinski definition) is 0. The maximum Gasteiger partial charge on any atom is 0.213 e. The Morgan fingerprint density at radius 1 is 0.276 bits per heavy atom. The van der Waals surface area contributed by atoms with Gasteiger partial charge in [-0.3, -0.25) is 0 Å². The lowest BCUT2D eigenvalue weighted by Gasteiger charge is -2.21. The van der Waals surface area contributed by atoms with E-state index in [0.29, 0.717) is 5.92 Å². The number of aryl methyl sites for hydroxylation is 8. The van der Waals surface area contributed by atoms with Crippen LogP contribution >= 0.6 is 0 Å². The first-order valence-electron chi connectivity index (χ1n) is 44.3. The fourth-order valence-electron chi connectivity index (χ4n) is 20.3. The maximum absolute atomic E-state index is 6.54. The Morgan fingerprint density at radius 3 is 0.992 bits per heavy atom. The second kappa shape index (κ2) is 32.3. The normalized spacial score (nSPS) is 13.5. The SMILES string of the molecule is Cc1c(-c2cc(-c3ccccc3)cc[n+]2C)ccc2c1oc1c3ccccc3ccc21.Cc1c(-c2cc(C3CCCC3)cc[n+]2C)ccc2c1oc1c3ccccc3ccc21.Cc1c(-c2cc(CC(C)(C)C)cc[n+]2C)ccc2c1oc1c3ccccc3ccc21.Cc1c(-c2cc(CC3CCCCC3)cc[n+]2C)ccc2c1oc1c3ccccc3ccc21. The minimum absolute atomic E-state index is 0.260. The smallest absolute Gasteiger partial charge is 0.213 e. The number of benzene rings is 13. The Morgan fingerprint density at radius 2 is 0.593 bits per heavy atom. The van der Waals surface area contributed by atoms with Crippen LogP contribution in [-0.4, -0.2) is 0 Å². The van der Waals surface area contributed by atoms with Crippen molar-refractivity contribution in [3.8, 4) is 56.2 Å². The molecule has 123 heavy (non-hydrogen) atoms. The van der Waals surface area contributed by atoms with Crippen LogP contribution in [0.15, 0.2) is 315 Å². The summed E-state index contributed by atoms with van der Waals surface area (Å²) in [4.78, 5) is 0. The first kappa shape index (κ1) is 78.3. The number of hydrogen-bond acceptors (Lipinski definition) is 4. The number of nitrogens with zero attached hydrogens (tertiary/aromatic N) is 4. The molecule has 21 aromatic rings. The lowest BCUT2D eigenvalue weighted by molar-refractivity contribution is -0.660. The van der Waals surface area contributed by atoms with Gasteiger partial charge in [0.25, 0.3) is 0 Å². The zero-order chi connectivity index (χ0) is 83.9. The van der Waals surface area contributed by atoms with Gasteiger partial charge < -0.3 is 17.7 Å². The summed E-state index contributed by atoms with van der Waals surface area (Å²) in [5.41, 5.74) is 29.5. The Balaban J connectivity index is 0.000000104. The quantitative estimate of drug-likeness (QED) is 0.135. The lowest BCUT2D eigenvalue weighted by Crippen LogP contribution is -2.31. The molecule has 2 saturated carbocycles. The van der Waals surface area contributed by atoms with E-state index in [4.69, 9.17) is 17.7 Å². The van der Waals surface area contributed by atoms with Crippen LogP contribution in [0, 0.1) is 39.0 Å². The van der Waals surface area contributed by atoms with E-state index in [2.05, 4.69) is 393 Å². The van der Waals surface area contributed by atoms with Crippen LogP contribution in [-0.2, 0) is 41.0 Å². The van der Waals surface area contributed by atoms with Gasteiger partial charge in [0.15, 0.2) is 24.8 Å². The highest BCUT2D eigenvalue weighted by Crippen LogP contribution is 2.45. The molecule has 8 nitrogen and oxygen atoms in total. The van der Waals surface area contributed by atoms with Crippen LogP contribution in [0.3, 0.4) is 0 Å². The van der Waals surface area contributed by atoms with Gasteiger partial charge in [-0.05, 0) is 193 Å². The highest BCUT2D eigenvalue weighted by Gasteiger charge is 2.28. The molecule has 2 aliphatic carbocycles. The van der Waals surface area contributed by atoms with Crippen LogP contribution in [0.25, 0.3) is 187 Å². The summed E-state index contributed by atoms with van der Waals surface area (Å²) in [6, 6.07) is 98.2. The van der Waals surface area contributed by atoms with Gasteiger partial charge in [-0.15, -0.1) is 0 Å². The third-order valence-electron chi connectivity index (χ3n) is 26.9. The molecule has 0 aliphatic heterocycles. The molecule has 0 amide bonds. The van der Waals surface area contributed by atoms with E-state index < -0.39 is 0 Å². The topological polar surface area (TPSA) is 68.1 Å². The fourth-order valence-corrected chi connectivity index (χ4v) is 20.3. The Labute approximate surface area is 719 Å². The van der Waals surface area contributed by atoms with E-state index in [1.54, 1.807) is 0 Å². The summed E-state index contributed by atoms with van der Waals surface area (Å²) in [6.45, 7) is 15.6. The van der Waals surface area contributed by atoms with Crippen LogP contribution in [0.4, 0.5) is 0 Å². The van der Waals surface area contributed by atoms with Crippen molar-refractivity contribution in [1.29, 1.82) is 0 Å². The standard InChI is InChI=1S/C30H30NO.C29H22NO.C28H26NO.C28H28NO/c1-20-24(28-19-22(16-17-31(28)2)18-21-8-4-3-5-9-21)14-15-26-27-13-12-23-10-6-7-11-25(23)30(27)32-29(20)26;1-19-23(27-18-22(16-17-30(27)2)20-8-4-3-5-9-20)14-15-25-26-13-12-21-10-6-7-11-24(21)29(26)31-28(19)25;1-18-22(26-17-21(15-16-29(26)2)19-7-3-4-8-19)13-14-24-25-12-11-20-9-5-6-10-23(20)28(25)30-27(18)24;1-18-21(25-16-19(14-15-29(25)5)17-28(2,3)4)12-13-23-24-11-10-20-8-6-7-9-22(20)27(24)30-26(18)23/h6-7,10-17,19,21H,3-5,8-9,18H2,1-2H3;3-18H,1-2H3;5-6,9-17,19H,3-4,7-8H2,1-2H3;6-16H,17H2,1-5H3/q4*+1. The molecule has 13 aromatic carbocycles. The number of aromatic nitrogens is 4. The monoisotopic (exact) mass is 1610 g/mol. The minimum Gasteiger partial charge on any atom is -0.455 e. The average molecular weight is 1610 g/mol. The largest absolute Gasteiger partial charge is 0.455 e. The third-order valence-corrected chi connectivity index (χ3v) is 26.9. The van der Waals surface area contributed by atoms with Crippen molar-refractivity contribution < 1.29 is 35.9 Å². The van der Waals surface area contributed by atoms with Crippen LogP contribution < -0.4 is 18.3 Å². The minimum atomic E-state index is 0.260. The van der Waals surface area contributed by atoms with Gasteiger partial charge in [0.1, 0.15) is 72.9 Å². The van der Waals surface area contributed by atoms with Gasteiger partial charge >= 0.3 is 0 Å². The lowest BCUT2D eigenvalue weighted by atomic mass is 9.85. The zero-order valence-electron chi connectivity index (χ0n) is 72.6. The first-order valence-corrected chi connectivity index (χ1v) is 44.3. The molecule has 8 heteroatoms. The van der Waals surface area contributed by atoms with Crippen LogP contribution in [0.1, 0.15) is 123 Å². The number of pyridine rings is 4. The second-order valence-electron chi connectivity index (χ2n) is 36.2. The Kier molecular flexibility index (Phi) is 20.5. The number of furan rings is 4. The maximum atomic E-state index is 6.54. The first-order chi connectivity index (χ1) is 59.9. The summed E-state index contributed by atoms with van der Waals surface area (Å²) in [7, 11) is 8.50. The van der Waals surface area contributed by atoms with E-state index in [-0.39, 0.29) is 5.41 Å². The molecule has 606 valence electrons. The van der Waals surface area contributed by atoms with E-state index in [1.807, 2.05) is 0 Å². The van der Waals surface area contributed by atoms with E-state index in [9.17, 15) is 0 Å². The van der Waals surface area contributed by atoms with Crippen molar-refractivity contribution >= 4 is 131 Å². The van der Waals surface area contributed by atoms with Gasteiger partial charge in [-0.1, -0.05) is 217 Å². The summed E-state index contributed by atoms with van der Waals surface area (Å²) < 4.78 is 34.9. The summed E-state index contributed by atoms with van der Waals surface area (Å²) in [5, 5.41) is 19.1. The van der Waals surface area contributed by atoms with Crippen molar-refractivity contribution in [3.05, 3.63) is 337 Å². The molecule has 0 atom stereocenters. The molecule has 0 radical (unpaired) electrons. The molecule has 8 heterocycles. The molecular weight excluding hydrogens is 1500 g/mol. The molecule has 0 spiro atoms. The Bertz CT molecular complexity index is 7700. The van der Waals surface area contributed by atoms with Crippen LogP contribution in [0.5, 0.6) is 0 Å². The number of rotatable bonds is 9. The molecular formula is C115H106N4O4+4. The molecule has 0 bridgehead atoms. The van der Waals surface area contributed by atoms with Crippen molar-refractivity contribution in [1.82, 2.24) is 0 Å². The summed E-state index contributed by atoms with van der Waals surface area (Å²) >= 11 is 0. The van der Waals surface area contributed by atoms with Crippen molar-refractivity contribution in [2.24, 2.45) is 39.5 Å². The second-order valence-corrected chi connectivity index (χ2v) is 36.2. The predicted octanol–water partition coefficient (Wildman–Crippen LogP) is 29.2. The van der Waals surface area contributed by atoms with Crippen molar-refractivity contribution in [2.75, 3.05) is 0 Å². The van der Waals surface area contributed by atoms with E-state index in [1.165, 1.54) is 240 Å². The van der Waals surface area contributed by atoms with E-state index >= 15 is 0 Å². The summed E-state index contributed by atoms with van der Waals surface area (Å²) in [5.74, 6) is 1.56. The molecule has 0 saturated heterocycles. The van der Waals surface area contributed by atoms with E-state index in [0.717, 1.165) is 62.4 Å². The molecule has 0 N–H and O–H groups in total. The highest BCUT2D eigenvalue weighted by atomic mass is 16.3. The Hall–Kier alpha value is -13.3. The van der Waals surface area contributed by atoms with Crippen molar-refractivity contribution in [2.45, 2.75) is 125 Å². The van der Waals surface area contributed by atoms with Gasteiger partial charge in [0.2, 0.25) is 22.8 Å². The predicted molar refractivity (Wildman–Crippen MR) is 510 cm³/mol. The summed E-state index contributed by atoms with van der Waals surface area (Å²) in [6.07, 6.45) is 23.3. The molecule has 0 unspecified atom stereocenters. The molecule has 8 aromatic heterocycles.